The first-order chi connectivity index (χ1) is 10.6. The monoisotopic (exact) mass is 302 g/mol. The van der Waals surface area contributed by atoms with Gasteiger partial charge < -0.3 is 16.0 Å². The highest BCUT2D eigenvalue weighted by Crippen LogP contribution is 2.15. The van der Waals surface area contributed by atoms with E-state index in [4.69, 9.17) is 5.73 Å². The van der Waals surface area contributed by atoms with Crippen molar-refractivity contribution in [1.82, 2.24) is 10.2 Å². The van der Waals surface area contributed by atoms with E-state index in [0.29, 0.717) is 12.5 Å². The van der Waals surface area contributed by atoms with Gasteiger partial charge in [-0.25, -0.2) is 4.99 Å². The molecule has 1 saturated heterocycles. The quantitative estimate of drug-likeness (QED) is 0.638. The molecule has 0 spiro atoms. The second-order valence-corrected chi connectivity index (χ2v) is 5.93. The zero-order valence-corrected chi connectivity index (χ0v) is 13.3. The van der Waals surface area contributed by atoms with E-state index in [2.05, 4.69) is 34.3 Å². The molecule has 0 saturated carbocycles. The number of piperidine rings is 1. The summed E-state index contributed by atoms with van der Waals surface area (Å²) in [4.78, 5) is 18.1. The van der Waals surface area contributed by atoms with Gasteiger partial charge in [0.1, 0.15) is 6.54 Å². The number of amides is 1. The van der Waals surface area contributed by atoms with E-state index in [1.54, 1.807) is 0 Å². The maximum absolute atomic E-state index is 11.8. The fourth-order valence-electron chi connectivity index (χ4n) is 2.54. The van der Waals surface area contributed by atoms with E-state index < -0.39 is 0 Å². The molecule has 1 heterocycles. The molecule has 0 atom stereocenters. The summed E-state index contributed by atoms with van der Waals surface area (Å²) in [7, 11) is 0. The Kier molecular flexibility index (Phi) is 6.25. The Morgan fingerprint density at radius 1 is 1.32 bits per heavy atom. The number of nitrogens with one attached hydrogen (secondary N) is 1. The normalized spacial score (nSPS) is 16.6. The lowest BCUT2D eigenvalue weighted by Gasteiger charge is -2.30. The molecule has 0 radical (unpaired) electrons. The molecular weight excluding hydrogens is 276 g/mol. The second-order valence-electron chi connectivity index (χ2n) is 5.93. The number of benzene rings is 1. The third-order valence-electron chi connectivity index (χ3n) is 4.07. The summed E-state index contributed by atoms with van der Waals surface area (Å²) in [6.07, 6.45) is 3.11. The van der Waals surface area contributed by atoms with Crippen molar-refractivity contribution in [1.29, 1.82) is 0 Å². The number of likely N-dealkylation sites (tertiary alicyclic amines) is 1. The first kappa shape index (κ1) is 16.3. The third kappa shape index (κ3) is 5.39. The zero-order chi connectivity index (χ0) is 15.8. The molecule has 5 heteroatoms. The van der Waals surface area contributed by atoms with Gasteiger partial charge in [-0.3, -0.25) is 4.79 Å². The highest BCUT2D eigenvalue weighted by molar-refractivity contribution is 5.84. The minimum absolute atomic E-state index is 0.0794. The van der Waals surface area contributed by atoms with Crippen molar-refractivity contribution in [3.8, 4) is 0 Å². The summed E-state index contributed by atoms with van der Waals surface area (Å²) in [5.74, 6) is 1.17. The lowest BCUT2D eigenvalue weighted by molar-refractivity contribution is -0.119. The predicted molar refractivity (Wildman–Crippen MR) is 89.6 cm³/mol. The number of carbonyl (C=O) groups is 1. The first-order valence-corrected chi connectivity index (χ1v) is 8.00. The summed E-state index contributed by atoms with van der Waals surface area (Å²) in [6, 6.07) is 10.1. The summed E-state index contributed by atoms with van der Waals surface area (Å²) in [5, 5.41) is 2.88. The maximum atomic E-state index is 11.8. The second kappa shape index (κ2) is 8.41. The van der Waals surface area contributed by atoms with Crippen molar-refractivity contribution in [3.63, 3.8) is 0 Å². The van der Waals surface area contributed by atoms with Crippen molar-refractivity contribution in [2.75, 3.05) is 26.2 Å². The standard InChI is InChI=1S/C17H26N4O/c1-14-8-11-21(12-9-14)17(18)20-13-16(22)19-10-7-15-5-3-2-4-6-15/h2-6,14H,7-13H2,1H3,(H2,18,20)(H,19,22). The fraction of sp³-hybridized carbons (Fsp3) is 0.529. The largest absolute Gasteiger partial charge is 0.370 e. The van der Waals surface area contributed by atoms with Crippen LogP contribution in [0, 0.1) is 5.92 Å². The number of nitrogens with zero attached hydrogens (tertiary/aromatic N) is 2. The van der Waals surface area contributed by atoms with Crippen LogP contribution in [0.5, 0.6) is 0 Å². The van der Waals surface area contributed by atoms with Crippen molar-refractivity contribution < 1.29 is 4.79 Å². The predicted octanol–water partition coefficient (Wildman–Crippen LogP) is 1.39. The van der Waals surface area contributed by atoms with Gasteiger partial charge in [0.2, 0.25) is 5.91 Å². The number of carbonyl (C=O) groups excluding carboxylic acids is 1. The molecule has 0 unspecified atom stereocenters. The molecule has 0 aliphatic carbocycles. The van der Waals surface area contributed by atoms with Gasteiger partial charge >= 0.3 is 0 Å². The van der Waals surface area contributed by atoms with Crippen molar-refractivity contribution >= 4 is 11.9 Å². The average molecular weight is 302 g/mol. The topological polar surface area (TPSA) is 70.7 Å². The first-order valence-electron chi connectivity index (χ1n) is 8.00. The number of rotatable bonds is 5. The molecule has 120 valence electrons. The lowest BCUT2D eigenvalue weighted by atomic mass is 10.00. The van der Waals surface area contributed by atoms with Crippen molar-refractivity contribution in [3.05, 3.63) is 35.9 Å². The Balaban J connectivity index is 1.67. The molecule has 0 bridgehead atoms. The van der Waals surface area contributed by atoms with Gasteiger partial charge in [0.05, 0.1) is 0 Å². The van der Waals surface area contributed by atoms with Gasteiger partial charge in [-0.15, -0.1) is 0 Å². The molecular formula is C17H26N4O. The van der Waals surface area contributed by atoms with Crippen LogP contribution in [-0.4, -0.2) is 42.9 Å². The van der Waals surface area contributed by atoms with E-state index in [1.165, 1.54) is 5.56 Å². The van der Waals surface area contributed by atoms with Gasteiger partial charge in [-0.1, -0.05) is 37.3 Å². The smallest absolute Gasteiger partial charge is 0.241 e. The molecule has 0 aromatic heterocycles. The highest BCUT2D eigenvalue weighted by Gasteiger charge is 2.17. The minimum Gasteiger partial charge on any atom is -0.370 e. The molecule has 2 rings (SSSR count). The number of nitrogens with two attached hydrogens (primary N) is 1. The maximum Gasteiger partial charge on any atom is 0.241 e. The molecule has 1 fully saturated rings. The number of hydrogen-bond donors (Lipinski definition) is 2. The third-order valence-corrected chi connectivity index (χ3v) is 4.07. The Hall–Kier alpha value is -2.04. The Morgan fingerprint density at radius 2 is 2.00 bits per heavy atom. The van der Waals surface area contributed by atoms with Crippen LogP contribution in [0.2, 0.25) is 0 Å². The van der Waals surface area contributed by atoms with Gasteiger partial charge in [0.25, 0.3) is 0 Å². The molecule has 5 nitrogen and oxygen atoms in total. The lowest BCUT2D eigenvalue weighted by Crippen LogP contribution is -2.43. The summed E-state index contributed by atoms with van der Waals surface area (Å²) >= 11 is 0. The Labute approximate surface area is 132 Å². The fourth-order valence-corrected chi connectivity index (χ4v) is 2.54. The van der Waals surface area contributed by atoms with Gasteiger partial charge in [0, 0.05) is 19.6 Å². The van der Waals surface area contributed by atoms with Crippen LogP contribution < -0.4 is 11.1 Å². The number of guanidine groups is 1. The van der Waals surface area contributed by atoms with Crippen LogP contribution in [0.25, 0.3) is 0 Å². The SMILES string of the molecule is CC1CCN(C(N)=NCC(=O)NCCc2ccccc2)CC1. The van der Waals surface area contributed by atoms with Crippen LogP contribution in [0.4, 0.5) is 0 Å². The molecule has 1 aromatic rings. The highest BCUT2D eigenvalue weighted by atomic mass is 16.1. The molecule has 1 aromatic carbocycles. The van der Waals surface area contributed by atoms with Crippen molar-refractivity contribution in [2.24, 2.45) is 16.6 Å². The van der Waals surface area contributed by atoms with Crippen LogP contribution in [0.1, 0.15) is 25.3 Å². The van der Waals surface area contributed by atoms with Gasteiger partial charge in [-0.05, 0) is 30.7 Å². The molecule has 22 heavy (non-hydrogen) atoms. The van der Waals surface area contributed by atoms with Gasteiger partial charge in [-0.2, -0.15) is 0 Å². The van der Waals surface area contributed by atoms with E-state index in [1.807, 2.05) is 18.2 Å². The molecule has 3 N–H and O–H groups in total. The van der Waals surface area contributed by atoms with E-state index >= 15 is 0 Å². The van der Waals surface area contributed by atoms with Crippen molar-refractivity contribution in [2.45, 2.75) is 26.2 Å². The molecule has 1 aliphatic rings. The van der Waals surface area contributed by atoms with Crippen LogP contribution in [-0.2, 0) is 11.2 Å². The molecule has 1 aliphatic heterocycles. The Bertz CT molecular complexity index is 493. The van der Waals surface area contributed by atoms with Crippen LogP contribution in [0.3, 0.4) is 0 Å². The van der Waals surface area contributed by atoms with E-state index in [9.17, 15) is 4.79 Å². The Morgan fingerprint density at radius 3 is 2.68 bits per heavy atom. The number of aliphatic imine (C=N–C) groups is 1. The van der Waals surface area contributed by atoms with Crippen LogP contribution in [0.15, 0.2) is 35.3 Å². The average Bonchev–Trinajstić information content (AvgIpc) is 2.54. The number of hydrogen-bond acceptors (Lipinski definition) is 2. The van der Waals surface area contributed by atoms with E-state index in [0.717, 1.165) is 38.3 Å². The summed E-state index contributed by atoms with van der Waals surface area (Å²) in [5.41, 5.74) is 7.17. The van der Waals surface area contributed by atoms with Gasteiger partial charge in [0.15, 0.2) is 5.96 Å². The molecule has 1 amide bonds. The summed E-state index contributed by atoms with van der Waals surface area (Å²) < 4.78 is 0. The summed E-state index contributed by atoms with van der Waals surface area (Å²) in [6.45, 7) is 4.86. The van der Waals surface area contributed by atoms with E-state index in [-0.39, 0.29) is 12.5 Å². The minimum atomic E-state index is -0.0794. The zero-order valence-electron chi connectivity index (χ0n) is 13.3. The van der Waals surface area contributed by atoms with Crippen LogP contribution >= 0.6 is 0 Å².